The molecule has 0 saturated heterocycles. The Balaban J connectivity index is 3.45. The molecule has 1 nitrogen and oxygen atoms in total. The molecule has 0 atom stereocenters. The van der Waals surface area contributed by atoms with Gasteiger partial charge in [-0.2, -0.15) is 18.4 Å². The van der Waals surface area contributed by atoms with E-state index >= 15 is 0 Å². The molecule has 0 saturated carbocycles. The van der Waals surface area contributed by atoms with Crippen LogP contribution in [0.1, 0.15) is 11.1 Å². The van der Waals surface area contributed by atoms with Crippen LogP contribution in [0, 0.1) is 11.3 Å². The monoisotopic (exact) mass is 239 g/mol. The van der Waals surface area contributed by atoms with Crippen molar-refractivity contribution in [3.63, 3.8) is 0 Å². The van der Waals surface area contributed by atoms with E-state index in [9.17, 15) is 13.2 Å². The lowest BCUT2D eigenvalue weighted by Crippen LogP contribution is -2.07. The summed E-state index contributed by atoms with van der Waals surface area (Å²) < 4.78 is 36.9. The van der Waals surface area contributed by atoms with Crippen molar-refractivity contribution in [2.45, 2.75) is 6.18 Å². The summed E-state index contributed by atoms with van der Waals surface area (Å²) in [6.07, 6.45) is -4.60. The molecule has 6 heteroatoms. The number of benzene rings is 1. The van der Waals surface area contributed by atoms with Crippen LogP contribution >= 0.6 is 23.2 Å². The Hall–Kier alpha value is -0.920. The van der Waals surface area contributed by atoms with Gasteiger partial charge in [0.25, 0.3) is 0 Å². The highest BCUT2D eigenvalue weighted by Crippen LogP contribution is 2.36. The predicted molar refractivity (Wildman–Crippen MR) is 46.2 cm³/mol. The second-order valence-corrected chi connectivity index (χ2v) is 3.24. The molecule has 1 aromatic carbocycles. The fraction of sp³-hybridized carbons (Fsp3) is 0.125. The van der Waals surface area contributed by atoms with Gasteiger partial charge in [0.1, 0.15) is 0 Å². The van der Waals surface area contributed by atoms with Gasteiger partial charge in [-0.3, -0.25) is 0 Å². The Morgan fingerprint density at radius 2 is 1.64 bits per heavy atom. The van der Waals surface area contributed by atoms with Gasteiger partial charge in [-0.25, -0.2) is 0 Å². The molecule has 0 N–H and O–H groups in total. The quantitative estimate of drug-likeness (QED) is 0.674. The van der Waals surface area contributed by atoms with Gasteiger partial charge in [0.15, 0.2) is 0 Å². The van der Waals surface area contributed by atoms with Gasteiger partial charge in [0.2, 0.25) is 0 Å². The largest absolute Gasteiger partial charge is 0.417 e. The minimum Gasteiger partial charge on any atom is -0.192 e. The van der Waals surface area contributed by atoms with Gasteiger partial charge in [-0.15, -0.1) is 0 Å². The van der Waals surface area contributed by atoms with Crippen molar-refractivity contribution in [1.82, 2.24) is 0 Å². The zero-order valence-corrected chi connectivity index (χ0v) is 8.00. The third-order valence-corrected chi connectivity index (χ3v) is 2.21. The summed E-state index contributed by atoms with van der Waals surface area (Å²) in [7, 11) is 0. The van der Waals surface area contributed by atoms with E-state index in [2.05, 4.69) is 0 Å². The molecule has 0 aromatic heterocycles. The molecule has 0 heterocycles. The van der Waals surface area contributed by atoms with Crippen LogP contribution < -0.4 is 0 Å². The number of halogens is 5. The predicted octanol–water partition coefficient (Wildman–Crippen LogP) is 3.88. The molecule has 0 unspecified atom stereocenters. The van der Waals surface area contributed by atoms with Crippen molar-refractivity contribution in [2.75, 3.05) is 0 Å². The Kier molecular flexibility index (Phi) is 2.93. The van der Waals surface area contributed by atoms with Crippen LogP contribution in [0.3, 0.4) is 0 Å². The van der Waals surface area contributed by atoms with Crippen LogP contribution in [0.2, 0.25) is 10.0 Å². The minimum atomic E-state index is -4.60. The zero-order valence-electron chi connectivity index (χ0n) is 6.49. The van der Waals surface area contributed by atoms with Crippen molar-refractivity contribution < 1.29 is 13.2 Å². The smallest absolute Gasteiger partial charge is 0.192 e. The maximum Gasteiger partial charge on any atom is 0.417 e. The molecule has 0 amide bonds. The van der Waals surface area contributed by atoms with Crippen LogP contribution in [0.15, 0.2) is 12.1 Å². The molecular formula is C8H2Cl2F3N. The third kappa shape index (κ3) is 2.11. The van der Waals surface area contributed by atoms with E-state index in [1.165, 1.54) is 6.07 Å². The molecule has 14 heavy (non-hydrogen) atoms. The van der Waals surface area contributed by atoms with E-state index in [1.807, 2.05) is 0 Å². The molecule has 0 aliphatic heterocycles. The molecule has 0 aliphatic rings. The summed E-state index contributed by atoms with van der Waals surface area (Å²) in [5.41, 5.74) is -1.61. The van der Waals surface area contributed by atoms with E-state index in [4.69, 9.17) is 28.5 Å². The van der Waals surface area contributed by atoms with Crippen molar-refractivity contribution in [1.29, 1.82) is 5.26 Å². The lowest BCUT2D eigenvalue weighted by Gasteiger charge is -2.09. The topological polar surface area (TPSA) is 23.8 Å². The van der Waals surface area contributed by atoms with Crippen molar-refractivity contribution in [3.8, 4) is 6.07 Å². The Bertz CT molecular complexity index is 406. The van der Waals surface area contributed by atoms with Gasteiger partial charge in [-0.1, -0.05) is 23.2 Å². The van der Waals surface area contributed by atoms with Gasteiger partial charge in [0.05, 0.1) is 27.2 Å². The lowest BCUT2D eigenvalue weighted by atomic mass is 10.1. The summed E-state index contributed by atoms with van der Waals surface area (Å²) in [4.78, 5) is 0. The Labute approximate surface area is 87.7 Å². The summed E-state index contributed by atoms with van der Waals surface area (Å²) in [6.45, 7) is 0. The number of nitrogens with zero attached hydrogens (tertiary/aromatic N) is 1. The van der Waals surface area contributed by atoms with Crippen LogP contribution in [-0.4, -0.2) is 0 Å². The highest BCUT2D eigenvalue weighted by Gasteiger charge is 2.34. The molecule has 0 radical (unpaired) electrons. The average Bonchev–Trinajstić information content (AvgIpc) is 2.07. The standard InChI is InChI=1S/C8H2Cl2F3N/c9-6-1-4(3-14)5(2-7(6)10)8(11,12)13/h1-2H. The van der Waals surface area contributed by atoms with E-state index in [0.29, 0.717) is 6.07 Å². The summed E-state index contributed by atoms with van der Waals surface area (Å²) in [5, 5.41) is 8.15. The summed E-state index contributed by atoms with van der Waals surface area (Å²) in [5.74, 6) is 0. The maximum absolute atomic E-state index is 12.3. The fourth-order valence-corrected chi connectivity index (χ4v) is 1.20. The summed E-state index contributed by atoms with van der Waals surface area (Å²) in [6, 6.07) is 2.94. The maximum atomic E-state index is 12.3. The summed E-state index contributed by atoms with van der Waals surface area (Å²) >= 11 is 10.9. The van der Waals surface area contributed by atoms with Gasteiger partial charge in [-0.05, 0) is 12.1 Å². The Morgan fingerprint density at radius 3 is 2.07 bits per heavy atom. The van der Waals surface area contributed by atoms with Crippen LogP contribution in [0.5, 0.6) is 0 Å². The van der Waals surface area contributed by atoms with Gasteiger partial charge < -0.3 is 0 Å². The first-order chi connectivity index (χ1) is 6.36. The molecule has 0 aliphatic carbocycles. The number of nitriles is 1. The molecule has 0 spiro atoms. The normalized spacial score (nSPS) is 11.1. The number of hydrogen-bond acceptors (Lipinski definition) is 1. The first-order valence-corrected chi connectivity index (χ1v) is 4.08. The number of alkyl halides is 3. The van der Waals surface area contributed by atoms with E-state index < -0.39 is 17.3 Å². The SMILES string of the molecule is N#Cc1cc(Cl)c(Cl)cc1C(F)(F)F. The molecule has 0 fully saturated rings. The number of hydrogen-bond donors (Lipinski definition) is 0. The fourth-order valence-electron chi connectivity index (χ4n) is 0.874. The Morgan fingerprint density at radius 1 is 1.14 bits per heavy atom. The first-order valence-electron chi connectivity index (χ1n) is 3.32. The second kappa shape index (κ2) is 3.68. The lowest BCUT2D eigenvalue weighted by molar-refractivity contribution is -0.137. The second-order valence-electron chi connectivity index (χ2n) is 2.42. The average molecular weight is 240 g/mol. The van der Waals surface area contributed by atoms with Crippen molar-refractivity contribution in [3.05, 3.63) is 33.3 Å². The highest BCUT2D eigenvalue weighted by atomic mass is 35.5. The van der Waals surface area contributed by atoms with Crippen molar-refractivity contribution >= 4 is 23.2 Å². The van der Waals surface area contributed by atoms with Crippen LogP contribution in [0.25, 0.3) is 0 Å². The molecular weight excluding hydrogens is 238 g/mol. The molecule has 1 aromatic rings. The zero-order chi connectivity index (χ0) is 10.9. The van der Waals surface area contributed by atoms with Gasteiger partial charge in [0, 0.05) is 0 Å². The van der Waals surface area contributed by atoms with Crippen molar-refractivity contribution in [2.24, 2.45) is 0 Å². The molecule has 0 bridgehead atoms. The molecule has 1 rings (SSSR count). The molecule has 74 valence electrons. The highest BCUT2D eigenvalue weighted by molar-refractivity contribution is 6.42. The van der Waals surface area contributed by atoms with E-state index in [1.54, 1.807) is 0 Å². The minimum absolute atomic E-state index is 0.0729. The third-order valence-electron chi connectivity index (χ3n) is 1.49. The van der Waals surface area contributed by atoms with E-state index in [-0.39, 0.29) is 10.0 Å². The number of rotatable bonds is 0. The van der Waals surface area contributed by atoms with Crippen LogP contribution in [0.4, 0.5) is 13.2 Å². The van der Waals surface area contributed by atoms with Gasteiger partial charge >= 0.3 is 6.18 Å². The first kappa shape index (κ1) is 11.2. The van der Waals surface area contributed by atoms with E-state index in [0.717, 1.165) is 6.07 Å². The van der Waals surface area contributed by atoms with Crippen LogP contribution in [-0.2, 0) is 6.18 Å².